The van der Waals surface area contributed by atoms with E-state index in [0.717, 1.165) is 32.5 Å². The van der Waals surface area contributed by atoms with Crippen LogP contribution < -0.4 is 0 Å². The van der Waals surface area contributed by atoms with Crippen LogP contribution >= 0.6 is 0 Å². The summed E-state index contributed by atoms with van der Waals surface area (Å²) in [5, 5.41) is 0. The van der Waals surface area contributed by atoms with Gasteiger partial charge in [0.25, 0.3) is 0 Å². The van der Waals surface area contributed by atoms with Gasteiger partial charge in [-0.2, -0.15) is 0 Å². The van der Waals surface area contributed by atoms with Crippen LogP contribution in [0.1, 0.15) is 71.1 Å². The van der Waals surface area contributed by atoms with Crippen LogP contribution in [0, 0.1) is 5.41 Å². The van der Waals surface area contributed by atoms with Gasteiger partial charge in [-0.3, -0.25) is 4.79 Å². The molecule has 0 amide bonds. The molecule has 0 radical (unpaired) electrons. The summed E-state index contributed by atoms with van der Waals surface area (Å²) in [5.41, 5.74) is 0.116. The van der Waals surface area contributed by atoms with Crippen LogP contribution in [-0.4, -0.2) is 33.9 Å². The number of esters is 1. The number of carbonyl (C=O) groups is 1. The monoisotopic (exact) mass is 356 g/mol. The molecule has 0 atom stereocenters. The van der Waals surface area contributed by atoms with Crippen LogP contribution in [0.5, 0.6) is 0 Å². The zero-order chi connectivity index (χ0) is 17.9. The molecule has 1 fully saturated rings. The lowest BCUT2D eigenvalue weighted by Gasteiger charge is -2.39. The molecule has 1 rings (SSSR count). The van der Waals surface area contributed by atoms with E-state index in [0.29, 0.717) is 13.0 Å². The minimum Gasteiger partial charge on any atom is -0.465 e. The van der Waals surface area contributed by atoms with Crippen LogP contribution in [0.15, 0.2) is 0 Å². The minimum absolute atomic E-state index is 0.0268. The molecule has 0 N–H and O–H groups in total. The van der Waals surface area contributed by atoms with Crippen molar-refractivity contribution in [3.63, 3.8) is 0 Å². The molecule has 24 heavy (non-hydrogen) atoms. The summed E-state index contributed by atoms with van der Waals surface area (Å²) in [6.45, 7) is 11.5. The lowest BCUT2D eigenvalue weighted by Crippen LogP contribution is -2.46. The van der Waals surface area contributed by atoms with Crippen molar-refractivity contribution in [2.24, 2.45) is 5.41 Å². The first-order valence-corrected chi connectivity index (χ1v) is 13.8. The van der Waals surface area contributed by atoms with Gasteiger partial charge in [-0.05, 0) is 12.8 Å². The highest BCUT2D eigenvalue weighted by Gasteiger charge is 2.38. The highest BCUT2D eigenvalue weighted by Crippen LogP contribution is 2.31. The smallest absolute Gasteiger partial charge is 0.305 e. The highest BCUT2D eigenvalue weighted by molar-refractivity contribution is 6.76. The largest absolute Gasteiger partial charge is 0.465 e. The molecule has 1 saturated heterocycles. The predicted octanol–water partition coefficient (Wildman–Crippen LogP) is 5.81. The van der Waals surface area contributed by atoms with E-state index >= 15 is 0 Å². The fourth-order valence-electron chi connectivity index (χ4n) is 3.07. The second-order valence-corrected chi connectivity index (χ2v) is 14.5. The first kappa shape index (κ1) is 21.7. The van der Waals surface area contributed by atoms with Gasteiger partial charge in [-0.25, -0.2) is 0 Å². The predicted molar refractivity (Wildman–Crippen MR) is 104 cm³/mol. The third kappa shape index (κ3) is 9.82. The molecule has 0 aromatic carbocycles. The van der Waals surface area contributed by atoms with Crippen molar-refractivity contribution in [2.75, 3.05) is 19.8 Å². The molecule has 4 heteroatoms. The van der Waals surface area contributed by atoms with Gasteiger partial charge in [0.2, 0.25) is 0 Å². The summed E-state index contributed by atoms with van der Waals surface area (Å²) in [6.07, 6.45) is 11.9. The zero-order valence-electron chi connectivity index (χ0n) is 16.6. The normalized spacial score (nSPS) is 16.7. The lowest BCUT2D eigenvalue weighted by atomic mass is 9.84. The van der Waals surface area contributed by atoms with E-state index in [9.17, 15) is 4.79 Å². The molecule has 0 aliphatic carbocycles. The summed E-state index contributed by atoms with van der Waals surface area (Å²) in [4.78, 5) is 11.8. The number of unbranched alkanes of at least 4 members (excludes halogenated alkanes) is 7. The molecule has 142 valence electrons. The fraction of sp³-hybridized carbons (Fsp3) is 0.950. The first-order valence-electron chi connectivity index (χ1n) is 10.1. The zero-order valence-corrected chi connectivity index (χ0v) is 17.6. The summed E-state index contributed by atoms with van der Waals surface area (Å²) in [7, 11) is -0.825. The summed E-state index contributed by atoms with van der Waals surface area (Å²) < 4.78 is 10.7. The maximum Gasteiger partial charge on any atom is 0.305 e. The number of rotatable bonds is 14. The van der Waals surface area contributed by atoms with Crippen molar-refractivity contribution in [3.8, 4) is 0 Å². The molecule has 0 aromatic heterocycles. The molecular weight excluding hydrogens is 316 g/mol. The van der Waals surface area contributed by atoms with Crippen LogP contribution in [0.3, 0.4) is 0 Å². The number of ether oxygens (including phenoxy) is 2. The Hall–Kier alpha value is -0.353. The Labute approximate surface area is 150 Å². The van der Waals surface area contributed by atoms with Gasteiger partial charge in [0, 0.05) is 14.5 Å². The van der Waals surface area contributed by atoms with Crippen molar-refractivity contribution in [2.45, 2.75) is 96.8 Å². The number of carbonyl (C=O) groups excluding carboxylic acids is 1. The first-order chi connectivity index (χ1) is 11.4. The van der Waals surface area contributed by atoms with E-state index in [-0.39, 0.29) is 11.4 Å². The SMILES string of the molecule is CCC1(COC(=O)CCCCCCCCCC[Si](C)(C)C)COC1. The van der Waals surface area contributed by atoms with Gasteiger partial charge in [-0.15, -0.1) is 0 Å². The van der Waals surface area contributed by atoms with E-state index in [4.69, 9.17) is 9.47 Å². The van der Waals surface area contributed by atoms with Crippen molar-refractivity contribution in [3.05, 3.63) is 0 Å². The van der Waals surface area contributed by atoms with Crippen LogP contribution in [0.25, 0.3) is 0 Å². The Morgan fingerprint density at radius 1 is 0.958 bits per heavy atom. The van der Waals surface area contributed by atoms with Crippen molar-refractivity contribution < 1.29 is 14.3 Å². The van der Waals surface area contributed by atoms with E-state index in [1.54, 1.807) is 0 Å². The van der Waals surface area contributed by atoms with Gasteiger partial charge in [0.1, 0.15) is 6.61 Å². The van der Waals surface area contributed by atoms with Crippen molar-refractivity contribution in [1.82, 2.24) is 0 Å². The Morgan fingerprint density at radius 2 is 1.50 bits per heavy atom. The fourth-order valence-corrected chi connectivity index (χ4v) is 4.38. The van der Waals surface area contributed by atoms with Crippen LogP contribution in [-0.2, 0) is 14.3 Å². The van der Waals surface area contributed by atoms with E-state index < -0.39 is 8.07 Å². The topological polar surface area (TPSA) is 35.5 Å². The molecule has 0 unspecified atom stereocenters. The maximum absolute atomic E-state index is 11.8. The highest BCUT2D eigenvalue weighted by atomic mass is 28.3. The average molecular weight is 357 g/mol. The summed E-state index contributed by atoms with van der Waals surface area (Å²) in [6, 6.07) is 1.47. The Balaban J connectivity index is 1.85. The van der Waals surface area contributed by atoms with Crippen LogP contribution in [0.2, 0.25) is 25.7 Å². The van der Waals surface area contributed by atoms with Gasteiger partial charge in [-0.1, -0.05) is 77.6 Å². The van der Waals surface area contributed by atoms with Gasteiger partial charge < -0.3 is 9.47 Å². The van der Waals surface area contributed by atoms with Gasteiger partial charge in [0.05, 0.1) is 18.6 Å². The molecule has 0 bridgehead atoms. The van der Waals surface area contributed by atoms with E-state index in [2.05, 4.69) is 26.6 Å². The second-order valence-electron chi connectivity index (χ2n) is 8.90. The van der Waals surface area contributed by atoms with Gasteiger partial charge >= 0.3 is 5.97 Å². The van der Waals surface area contributed by atoms with E-state index in [1.807, 2.05) is 0 Å². The molecule has 0 saturated carbocycles. The molecule has 3 nitrogen and oxygen atoms in total. The third-order valence-electron chi connectivity index (χ3n) is 5.16. The van der Waals surface area contributed by atoms with Crippen molar-refractivity contribution in [1.29, 1.82) is 0 Å². The van der Waals surface area contributed by atoms with E-state index in [1.165, 1.54) is 44.6 Å². The molecular formula is C20H40O3Si. The summed E-state index contributed by atoms with van der Waals surface area (Å²) >= 11 is 0. The molecule has 1 aliphatic rings. The summed E-state index contributed by atoms with van der Waals surface area (Å²) in [5.74, 6) is -0.0268. The average Bonchev–Trinajstić information content (AvgIpc) is 2.47. The minimum atomic E-state index is -0.825. The standard InChI is InChI=1S/C20H40O3Si/c1-5-20(16-22-17-20)18-23-19(21)14-12-10-8-6-7-9-11-13-15-24(2,3)4/h5-18H2,1-4H3. The van der Waals surface area contributed by atoms with Gasteiger partial charge in [0.15, 0.2) is 0 Å². The lowest BCUT2D eigenvalue weighted by molar-refractivity contribution is -0.170. The van der Waals surface area contributed by atoms with Crippen LogP contribution in [0.4, 0.5) is 0 Å². The maximum atomic E-state index is 11.8. The Morgan fingerprint density at radius 3 is 1.96 bits per heavy atom. The number of hydrogen-bond acceptors (Lipinski definition) is 3. The Kier molecular flexibility index (Phi) is 10.2. The second kappa shape index (κ2) is 11.3. The third-order valence-corrected chi connectivity index (χ3v) is 7.02. The molecule has 1 heterocycles. The molecule has 0 spiro atoms. The van der Waals surface area contributed by atoms with Crippen molar-refractivity contribution >= 4 is 14.0 Å². The Bertz CT molecular complexity index is 340. The number of hydrogen-bond donors (Lipinski definition) is 0. The molecule has 0 aromatic rings. The molecule has 1 aliphatic heterocycles. The quantitative estimate of drug-likeness (QED) is 0.224.